The first-order valence-corrected chi connectivity index (χ1v) is 7.30. The van der Waals surface area contributed by atoms with Crippen molar-refractivity contribution in [1.29, 1.82) is 0 Å². The Kier molecular flexibility index (Phi) is 5.14. The van der Waals surface area contributed by atoms with E-state index in [9.17, 15) is 0 Å². The number of rotatable bonds is 8. The summed E-state index contributed by atoms with van der Waals surface area (Å²) in [6.45, 7) is 4.81. The maximum absolute atomic E-state index is 5.56. The Morgan fingerprint density at radius 2 is 2.05 bits per heavy atom. The van der Waals surface area contributed by atoms with Gasteiger partial charge in [-0.25, -0.2) is 15.8 Å². The summed E-state index contributed by atoms with van der Waals surface area (Å²) in [5.41, 5.74) is 3.63. The van der Waals surface area contributed by atoms with Crippen molar-refractivity contribution in [1.82, 2.24) is 9.97 Å². The quantitative estimate of drug-likeness (QED) is 0.499. The number of anilines is 2. The third kappa shape index (κ3) is 3.58. The predicted molar refractivity (Wildman–Crippen MR) is 80.7 cm³/mol. The Morgan fingerprint density at radius 3 is 2.60 bits per heavy atom. The molecule has 1 aromatic heterocycles. The highest BCUT2D eigenvalue weighted by Crippen LogP contribution is 2.39. The maximum atomic E-state index is 5.56. The fourth-order valence-electron chi connectivity index (χ4n) is 2.28. The number of nitrogens with one attached hydrogen (secondary N) is 2. The molecular weight excluding hydrogens is 254 g/mol. The number of nitrogens with zero attached hydrogens (tertiary/aromatic N) is 2. The molecule has 1 aromatic rings. The molecule has 20 heavy (non-hydrogen) atoms. The number of aromatic nitrogens is 2. The van der Waals surface area contributed by atoms with Crippen LogP contribution in [0.15, 0.2) is 0 Å². The van der Waals surface area contributed by atoms with Gasteiger partial charge in [-0.05, 0) is 26.2 Å². The summed E-state index contributed by atoms with van der Waals surface area (Å²) in [4.78, 5) is 9.17. The van der Waals surface area contributed by atoms with Crippen LogP contribution in [0.4, 0.5) is 11.6 Å². The smallest absolute Gasteiger partial charge is 0.148 e. The number of nitrogens with two attached hydrogens (primary N) is 1. The van der Waals surface area contributed by atoms with E-state index in [0.29, 0.717) is 18.3 Å². The van der Waals surface area contributed by atoms with E-state index >= 15 is 0 Å². The standard InChI is InChI=1S/C14H25N5O/c1-4-5-11(8-20-3)16-12-9(2)13(19-15)18-14(17-12)10-6-7-10/h10-11H,4-8,15H2,1-3H3,(H2,16,17,18,19). The second-order valence-electron chi connectivity index (χ2n) is 5.41. The minimum Gasteiger partial charge on any atom is -0.383 e. The summed E-state index contributed by atoms with van der Waals surface area (Å²) in [5.74, 6) is 8.52. The lowest BCUT2D eigenvalue weighted by atomic mass is 10.1. The van der Waals surface area contributed by atoms with Gasteiger partial charge in [0.1, 0.15) is 17.5 Å². The van der Waals surface area contributed by atoms with Crippen molar-refractivity contribution < 1.29 is 4.74 Å². The number of methoxy groups -OCH3 is 1. The lowest BCUT2D eigenvalue weighted by molar-refractivity contribution is 0.182. The van der Waals surface area contributed by atoms with Crippen LogP contribution >= 0.6 is 0 Å². The molecule has 6 heteroatoms. The van der Waals surface area contributed by atoms with Crippen LogP contribution in [0.5, 0.6) is 0 Å². The third-order valence-corrected chi connectivity index (χ3v) is 3.59. The van der Waals surface area contributed by atoms with Crippen molar-refractivity contribution >= 4 is 11.6 Å². The molecule has 2 rings (SSSR count). The fraction of sp³-hybridized carbons (Fsp3) is 0.714. The second kappa shape index (κ2) is 6.85. The van der Waals surface area contributed by atoms with Crippen LogP contribution in [0.1, 0.15) is 49.9 Å². The molecule has 0 aliphatic heterocycles. The van der Waals surface area contributed by atoms with Crippen molar-refractivity contribution in [3.8, 4) is 0 Å². The van der Waals surface area contributed by atoms with E-state index < -0.39 is 0 Å². The number of hydrogen-bond donors (Lipinski definition) is 3. The molecule has 1 atom stereocenters. The van der Waals surface area contributed by atoms with Crippen LogP contribution in [0.3, 0.4) is 0 Å². The van der Waals surface area contributed by atoms with Gasteiger partial charge in [-0.1, -0.05) is 13.3 Å². The third-order valence-electron chi connectivity index (χ3n) is 3.59. The first-order chi connectivity index (χ1) is 9.69. The molecule has 1 fully saturated rings. The average molecular weight is 279 g/mol. The highest BCUT2D eigenvalue weighted by molar-refractivity contribution is 5.57. The van der Waals surface area contributed by atoms with E-state index in [1.807, 2.05) is 6.92 Å². The molecule has 4 N–H and O–H groups in total. The molecule has 1 saturated carbocycles. The summed E-state index contributed by atoms with van der Waals surface area (Å²) in [6, 6.07) is 0.260. The van der Waals surface area contributed by atoms with Gasteiger partial charge in [0, 0.05) is 18.6 Å². The predicted octanol–water partition coefficient (Wildman–Crippen LogP) is 2.18. The zero-order valence-corrected chi connectivity index (χ0v) is 12.6. The van der Waals surface area contributed by atoms with Crippen molar-refractivity contribution in [2.75, 3.05) is 24.5 Å². The molecule has 6 nitrogen and oxygen atoms in total. The number of nitrogen functional groups attached to an aromatic ring is 1. The molecule has 112 valence electrons. The van der Waals surface area contributed by atoms with Crippen LogP contribution in [-0.2, 0) is 4.74 Å². The van der Waals surface area contributed by atoms with E-state index in [2.05, 4.69) is 27.6 Å². The van der Waals surface area contributed by atoms with Crippen molar-refractivity contribution in [2.24, 2.45) is 5.84 Å². The first-order valence-electron chi connectivity index (χ1n) is 7.30. The Bertz CT molecular complexity index is 441. The van der Waals surface area contributed by atoms with Gasteiger partial charge in [-0.3, -0.25) is 0 Å². The summed E-state index contributed by atoms with van der Waals surface area (Å²) in [5, 5.41) is 3.48. The van der Waals surface area contributed by atoms with Gasteiger partial charge in [-0.2, -0.15) is 0 Å². The SMILES string of the molecule is CCCC(COC)Nc1nc(C2CC2)nc(NN)c1C. The summed E-state index contributed by atoms with van der Waals surface area (Å²) < 4.78 is 5.27. The van der Waals surface area contributed by atoms with Crippen LogP contribution in [0.25, 0.3) is 0 Å². The average Bonchev–Trinajstić information content (AvgIpc) is 3.26. The molecule has 0 aromatic carbocycles. The van der Waals surface area contributed by atoms with E-state index in [0.717, 1.165) is 30.0 Å². The summed E-state index contributed by atoms with van der Waals surface area (Å²) in [6.07, 6.45) is 4.48. The van der Waals surface area contributed by atoms with Crippen molar-refractivity contribution in [2.45, 2.75) is 51.5 Å². The summed E-state index contributed by atoms with van der Waals surface area (Å²) >= 11 is 0. The van der Waals surface area contributed by atoms with Crippen LogP contribution < -0.4 is 16.6 Å². The van der Waals surface area contributed by atoms with Crippen molar-refractivity contribution in [3.63, 3.8) is 0 Å². The monoisotopic (exact) mass is 279 g/mol. The molecule has 1 heterocycles. The van der Waals surface area contributed by atoms with Gasteiger partial charge in [0.2, 0.25) is 0 Å². The zero-order valence-electron chi connectivity index (χ0n) is 12.6. The number of hydrogen-bond acceptors (Lipinski definition) is 6. The molecule has 1 unspecified atom stereocenters. The molecule has 0 bridgehead atoms. The van der Waals surface area contributed by atoms with Gasteiger partial charge in [-0.15, -0.1) is 0 Å². The van der Waals surface area contributed by atoms with Crippen LogP contribution in [0, 0.1) is 6.92 Å². The molecule has 1 aliphatic carbocycles. The van der Waals surface area contributed by atoms with Crippen LogP contribution in [-0.4, -0.2) is 29.7 Å². The lowest BCUT2D eigenvalue weighted by Crippen LogP contribution is -2.26. The molecule has 0 saturated heterocycles. The Labute approximate surface area is 120 Å². The largest absolute Gasteiger partial charge is 0.383 e. The van der Waals surface area contributed by atoms with Crippen molar-refractivity contribution in [3.05, 3.63) is 11.4 Å². The lowest BCUT2D eigenvalue weighted by Gasteiger charge is -2.20. The maximum Gasteiger partial charge on any atom is 0.148 e. The Hall–Kier alpha value is -1.40. The number of hydrazine groups is 1. The van der Waals surface area contributed by atoms with Gasteiger partial charge >= 0.3 is 0 Å². The molecule has 1 aliphatic rings. The van der Waals surface area contributed by atoms with Gasteiger partial charge in [0.25, 0.3) is 0 Å². The highest BCUT2D eigenvalue weighted by atomic mass is 16.5. The summed E-state index contributed by atoms with van der Waals surface area (Å²) in [7, 11) is 1.72. The molecular formula is C14H25N5O. The highest BCUT2D eigenvalue weighted by Gasteiger charge is 2.28. The Morgan fingerprint density at radius 1 is 1.35 bits per heavy atom. The van der Waals surface area contributed by atoms with Gasteiger partial charge < -0.3 is 15.5 Å². The zero-order chi connectivity index (χ0) is 14.5. The normalized spacial score (nSPS) is 16.0. The topological polar surface area (TPSA) is 85.1 Å². The van der Waals surface area contributed by atoms with E-state index in [1.54, 1.807) is 7.11 Å². The Balaban J connectivity index is 2.21. The second-order valence-corrected chi connectivity index (χ2v) is 5.41. The molecule has 0 spiro atoms. The van der Waals surface area contributed by atoms with Crippen LogP contribution in [0.2, 0.25) is 0 Å². The van der Waals surface area contributed by atoms with E-state index in [4.69, 9.17) is 10.6 Å². The number of ether oxygens (including phenoxy) is 1. The first kappa shape index (κ1) is 15.0. The van der Waals surface area contributed by atoms with E-state index in [1.165, 1.54) is 12.8 Å². The minimum absolute atomic E-state index is 0.260. The van der Waals surface area contributed by atoms with Gasteiger partial charge in [0.05, 0.1) is 12.6 Å². The molecule has 0 radical (unpaired) electrons. The van der Waals surface area contributed by atoms with E-state index in [-0.39, 0.29) is 6.04 Å². The fourth-order valence-corrected chi connectivity index (χ4v) is 2.28. The molecule has 0 amide bonds. The minimum atomic E-state index is 0.260. The van der Waals surface area contributed by atoms with Gasteiger partial charge in [0.15, 0.2) is 0 Å².